The van der Waals surface area contributed by atoms with Gasteiger partial charge in [0.15, 0.2) is 0 Å². The Morgan fingerprint density at radius 3 is 2.69 bits per heavy atom. The lowest BCUT2D eigenvalue weighted by Crippen LogP contribution is -2.46. The van der Waals surface area contributed by atoms with Crippen LogP contribution in [0.4, 0.5) is 9.18 Å². The summed E-state index contributed by atoms with van der Waals surface area (Å²) in [5.41, 5.74) is -0.257. The number of aliphatic hydroxyl groups is 1. The Bertz CT molecular complexity index is 1100. The van der Waals surface area contributed by atoms with E-state index in [4.69, 9.17) is 14.2 Å². The highest BCUT2D eigenvalue weighted by Crippen LogP contribution is 2.48. The van der Waals surface area contributed by atoms with Crippen molar-refractivity contribution in [2.45, 2.75) is 63.9 Å². The van der Waals surface area contributed by atoms with Gasteiger partial charge in [0.2, 0.25) is 0 Å². The molecule has 1 amide bonds. The highest BCUT2D eigenvalue weighted by Gasteiger charge is 2.55. The summed E-state index contributed by atoms with van der Waals surface area (Å²) in [6.45, 7) is 6.98. The fraction of sp³-hybridized carbons (Fsp3) is 0.522. The smallest absolute Gasteiger partial charge is 0.411 e. The van der Waals surface area contributed by atoms with Crippen LogP contribution in [-0.2, 0) is 14.3 Å². The first-order valence-corrected chi connectivity index (χ1v) is 10.5. The van der Waals surface area contributed by atoms with Crippen LogP contribution in [0.1, 0.15) is 51.0 Å². The number of likely N-dealkylation sites (tertiary alicyclic amines) is 1. The van der Waals surface area contributed by atoms with Crippen LogP contribution in [0, 0.1) is 12.7 Å². The zero-order valence-electron chi connectivity index (χ0n) is 18.8. The van der Waals surface area contributed by atoms with Crippen molar-refractivity contribution in [1.29, 1.82) is 0 Å². The van der Waals surface area contributed by atoms with E-state index < -0.39 is 41.2 Å². The molecule has 1 fully saturated rings. The summed E-state index contributed by atoms with van der Waals surface area (Å²) in [5, 5.41) is 11.6. The minimum absolute atomic E-state index is 0.0266. The second-order valence-electron chi connectivity index (χ2n) is 9.46. The molecule has 0 saturated carbocycles. The molecule has 1 N–H and O–H groups in total. The first-order valence-electron chi connectivity index (χ1n) is 10.5. The number of esters is 1. The molecule has 4 rings (SSSR count). The van der Waals surface area contributed by atoms with Crippen LogP contribution in [0.5, 0.6) is 5.75 Å². The van der Waals surface area contributed by atoms with Gasteiger partial charge in [-0.15, -0.1) is 0 Å². The van der Waals surface area contributed by atoms with Gasteiger partial charge in [-0.05, 0) is 45.9 Å². The van der Waals surface area contributed by atoms with E-state index in [2.05, 4.69) is 4.98 Å². The fourth-order valence-electron chi connectivity index (χ4n) is 4.57. The van der Waals surface area contributed by atoms with E-state index in [1.807, 2.05) is 0 Å². The van der Waals surface area contributed by atoms with Crippen molar-refractivity contribution in [3.8, 4) is 5.75 Å². The molecule has 2 aromatic rings. The fourth-order valence-corrected chi connectivity index (χ4v) is 4.57. The molecule has 0 bridgehead atoms. The normalized spacial score (nSPS) is 24.9. The van der Waals surface area contributed by atoms with Gasteiger partial charge in [-0.2, -0.15) is 0 Å². The SMILES string of the molecule is COC(=O)[C@@H]1C[C@@]2(CC(O)c3c(c(C)nc4ccc(F)cc34)O2)CN1C(=O)OC(C)(C)C. The largest absolute Gasteiger partial charge is 0.483 e. The highest BCUT2D eigenvalue weighted by molar-refractivity contribution is 5.86. The number of rotatable bonds is 1. The Balaban J connectivity index is 1.74. The number of pyridine rings is 1. The molecule has 0 aliphatic carbocycles. The summed E-state index contributed by atoms with van der Waals surface area (Å²) in [4.78, 5) is 31.1. The van der Waals surface area contributed by atoms with E-state index in [0.29, 0.717) is 27.9 Å². The molecular formula is C23H27FN2O6. The third-order valence-electron chi connectivity index (χ3n) is 5.83. The number of fused-ring (bicyclic) bond motifs is 3. The maximum absolute atomic E-state index is 13.9. The molecule has 1 spiro atoms. The number of aliphatic hydroxyl groups excluding tert-OH is 1. The molecule has 1 unspecified atom stereocenters. The van der Waals surface area contributed by atoms with Gasteiger partial charge >= 0.3 is 12.1 Å². The molecule has 1 aromatic heterocycles. The Kier molecular flexibility index (Phi) is 5.27. The number of nitrogens with zero attached hydrogens (tertiary/aromatic N) is 2. The predicted molar refractivity (Wildman–Crippen MR) is 113 cm³/mol. The summed E-state index contributed by atoms with van der Waals surface area (Å²) >= 11 is 0. The second kappa shape index (κ2) is 7.58. The monoisotopic (exact) mass is 446 g/mol. The zero-order valence-corrected chi connectivity index (χ0v) is 18.8. The van der Waals surface area contributed by atoms with Gasteiger partial charge in [0.25, 0.3) is 0 Å². The molecule has 8 nitrogen and oxygen atoms in total. The molecule has 1 aromatic carbocycles. The highest BCUT2D eigenvalue weighted by atomic mass is 19.1. The van der Waals surface area contributed by atoms with E-state index in [1.165, 1.54) is 24.1 Å². The number of methoxy groups -OCH3 is 1. The standard InChI is InChI=1S/C23H27FN2O6/c1-12-19-18(14-8-13(24)6-7-15(14)25-12)17(27)10-23(31-19)9-16(20(28)30-5)26(11-23)21(29)32-22(2,3)4/h6-8,16-17,27H,9-11H2,1-5H3/t16-,17?,23+/m0/s1. The number of amides is 1. The second-order valence-corrected chi connectivity index (χ2v) is 9.46. The van der Waals surface area contributed by atoms with Crippen LogP contribution in [0.3, 0.4) is 0 Å². The predicted octanol–water partition coefficient (Wildman–Crippen LogP) is 3.42. The van der Waals surface area contributed by atoms with Crippen LogP contribution in [0.15, 0.2) is 18.2 Å². The maximum Gasteiger partial charge on any atom is 0.411 e. The number of carbonyl (C=O) groups is 2. The van der Waals surface area contributed by atoms with Crippen LogP contribution in [0.25, 0.3) is 10.9 Å². The van der Waals surface area contributed by atoms with Gasteiger partial charge in [0.1, 0.15) is 28.8 Å². The Labute approximate surface area is 185 Å². The summed E-state index contributed by atoms with van der Waals surface area (Å²) in [5.74, 6) is -0.691. The van der Waals surface area contributed by atoms with E-state index in [-0.39, 0.29) is 19.4 Å². The van der Waals surface area contributed by atoms with E-state index >= 15 is 0 Å². The third kappa shape index (κ3) is 3.85. The number of ether oxygens (including phenoxy) is 3. The maximum atomic E-state index is 13.9. The Morgan fingerprint density at radius 1 is 1.31 bits per heavy atom. The lowest BCUT2D eigenvalue weighted by atomic mass is 9.85. The lowest BCUT2D eigenvalue weighted by molar-refractivity contribution is -0.145. The third-order valence-corrected chi connectivity index (χ3v) is 5.83. The Hall–Kier alpha value is -2.94. The van der Waals surface area contributed by atoms with Gasteiger partial charge in [-0.25, -0.2) is 19.0 Å². The van der Waals surface area contributed by atoms with Gasteiger partial charge in [-0.1, -0.05) is 0 Å². The summed E-state index contributed by atoms with van der Waals surface area (Å²) in [7, 11) is 1.25. The topological polar surface area (TPSA) is 98.2 Å². The van der Waals surface area contributed by atoms with Crippen molar-refractivity contribution in [2.24, 2.45) is 0 Å². The number of aryl methyl sites for hydroxylation is 1. The molecule has 9 heteroatoms. The van der Waals surface area contributed by atoms with Crippen molar-refractivity contribution in [2.75, 3.05) is 13.7 Å². The average Bonchev–Trinajstić information content (AvgIpc) is 3.05. The molecule has 1 saturated heterocycles. The van der Waals surface area contributed by atoms with Crippen LogP contribution in [0.2, 0.25) is 0 Å². The van der Waals surface area contributed by atoms with Gasteiger partial charge < -0.3 is 19.3 Å². The average molecular weight is 446 g/mol. The summed E-state index contributed by atoms with van der Waals surface area (Å²) in [6, 6.07) is 3.27. The first kappa shape index (κ1) is 22.3. The number of hydrogen-bond acceptors (Lipinski definition) is 7. The zero-order chi connectivity index (χ0) is 23.4. The molecule has 2 aliphatic rings. The van der Waals surface area contributed by atoms with E-state index in [9.17, 15) is 19.1 Å². The van der Waals surface area contributed by atoms with Crippen LogP contribution < -0.4 is 4.74 Å². The molecule has 0 radical (unpaired) electrons. The molecule has 2 aliphatic heterocycles. The van der Waals surface area contributed by atoms with Crippen molar-refractivity contribution < 1.29 is 33.3 Å². The number of aromatic nitrogens is 1. The minimum Gasteiger partial charge on any atom is -0.483 e. The number of halogens is 1. The molecule has 172 valence electrons. The number of benzene rings is 1. The van der Waals surface area contributed by atoms with Gasteiger partial charge in [-0.3, -0.25) is 4.90 Å². The van der Waals surface area contributed by atoms with Crippen LogP contribution >= 0.6 is 0 Å². The van der Waals surface area contributed by atoms with Crippen LogP contribution in [-0.4, -0.2) is 58.0 Å². The first-order chi connectivity index (χ1) is 14.9. The quantitative estimate of drug-likeness (QED) is 0.670. The van der Waals surface area contributed by atoms with E-state index in [0.717, 1.165) is 0 Å². The van der Waals surface area contributed by atoms with Gasteiger partial charge in [0.05, 0.1) is 31.0 Å². The Morgan fingerprint density at radius 2 is 2.03 bits per heavy atom. The van der Waals surface area contributed by atoms with Gasteiger partial charge in [0, 0.05) is 23.8 Å². The van der Waals surface area contributed by atoms with Crippen molar-refractivity contribution in [1.82, 2.24) is 9.88 Å². The summed E-state index contributed by atoms with van der Waals surface area (Å²) < 4.78 is 30.7. The van der Waals surface area contributed by atoms with E-state index in [1.54, 1.807) is 33.8 Å². The minimum atomic E-state index is -1.05. The van der Waals surface area contributed by atoms with Crippen molar-refractivity contribution in [3.63, 3.8) is 0 Å². The molecule has 3 atom stereocenters. The molecular weight excluding hydrogens is 419 g/mol. The number of hydrogen-bond donors (Lipinski definition) is 1. The molecule has 3 heterocycles. The molecule has 32 heavy (non-hydrogen) atoms. The summed E-state index contributed by atoms with van der Waals surface area (Å²) in [6.07, 6.45) is -1.43. The number of carbonyl (C=O) groups excluding carboxylic acids is 2. The van der Waals surface area contributed by atoms with Crippen molar-refractivity contribution >= 4 is 23.0 Å². The van der Waals surface area contributed by atoms with Crippen molar-refractivity contribution in [3.05, 3.63) is 35.3 Å². The lowest BCUT2D eigenvalue weighted by Gasteiger charge is -2.39.